The first-order valence-electron chi connectivity index (χ1n) is 7.39. The molecule has 106 valence electrons. The Bertz CT molecular complexity index is 410. The summed E-state index contributed by atoms with van der Waals surface area (Å²) in [6.07, 6.45) is 3.97. The third kappa shape index (κ3) is 4.06. The van der Waals surface area contributed by atoms with E-state index in [4.69, 9.17) is 0 Å². The Labute approximate surface area is 126 Å². The molecule has 0 heterocycles. The second kappa shape index (κ2) is 5.97. The van der Waals surface area contributed by atoms with Crippen molar-refractivity contribution < 1.29 is 0 Å². The Morgan fingerprint density at radius 2 is 1.89 bits per heavy atom. The van der Waals surface area contributed by atoms with Gasteiger partial charge in [0.1, 0.15) is 0 Å². The number of halogens is 1. The fourth-order valence-corrected chi connectivity index (χ4v) is 3.63. The molecule has 3 unspecified atom stereocenters. The van der Waals surface area contributed by atoms with E-state index in [1.165, 1.54) is 24.8 Å². The maximum atomic E-state index is 3.83. The first-order chi connectivity index (χ1) is 8.87. The smallest absolute Gasteiger partial charge is 0.0294 e. The molecular formula is C17H26BrN. The second-order valence-corrected chi connectivity index (χ2v) is 7.85. The molecule has 1 saturated carbocycles. The molecule has 1 aliphatic carbocycles. The molecule has 1 aliphatic rings. The summed E-state index contributed by atoms with van der Waals surface area (Å²) in [4.78, 5) is 0. The highest BCUT2D eigenvalue weighted by molar-refractivity contribution is 9.10. The van der Waals surface area contributed by atoms with Crippen molar-refractivity contribution in [2.24, 2.45) is 11.3 Å². The number of rotatable bonds is 3. The van der Waals surface area contributed by atoms with E-state index in [-0.39, 0.29) is 0 Å². The Morgan fingerprint density at radius 3 is 2.47 bits per heavy atom. The Kier molecular flexibility index (Phi) is 4.73. The molecule has 2 heteroatoms. The highest BCUT2D eigenvalue weighted by Gasteiger charge is 2.32. The molecule has 0 amide bonds. The Morgan fingerprint density at radius 1 is 1.26 bits per heavy atom. The molecule has 1 N–H and O–H groups in total. The summed E-state index contributed by atoms with van der Waals surface area (Å²) in [5.41, 5.74) is 1.90. The van der Waals surface area contributed by atoms with Gasteiger partial charge in [0.2, 0.25) is 0 Å². The van der Waals surface area contributed by atoms with Crippen LogP contribution in [0.1, 0.15) is 58.6 Å². The van der Waals surface area contributed by atoms with Gasteiger partial charge in [0.05, 0.1) is 0 Å². The van der Waals surface area contributed by atoms with Crippen LogP contribution in [0, 0.1) is 11.3 Å². The predicted molar refractivity (Wildman–Crippen MR) is 86.3 cm³/mol. The zero-order valence-electron chi connectivity index (χ0n) is 12.5. The minimum absolute atomic E-state index is 0.432. The summed E-state index contributed by atoms with van der Waals surface area (Å²) in [5.74, 6) is 0.765. The molecule has 3 atom stereocenters. The number of hydrogen-bond acceptors (Lipinski definition) is 1. The monoisotopic (exact) mass is 323 g/mol. The molecule has 0 saturated heterocycles. The molecule has 0 spiro atoms. The molecule has 2 rings (SSSR count). The van der Waals surface area contributed by atoms with Crippen molar-refractivity contribution in [3.63, 3.8) is 0 Å². The minimum Gasteiger partial charge on any atom is -0.307 e. The van der Waals surface area contributed by atoms with Crippen LogP contribution in [0.15, 0.2) is 28.7 Å². The molecule has 1 fully saturated rings. The molecule has 0 bridgehead atoms. The standard InChI is InChI=1S/C17H26BrN/c1-12-11-17(3,4)10-9-16(12)19-13(2)14-5-7-15(18)8-6-14/h5-8,12-13,16,19H,9-11H2,1-4H3. The van der Waals surface area contributed by atoms with Crippen molar-refractivity contribution in [2.75, 3.05) is 0 Å². The van der Waals surface area contributed by atoms with E-state index in [1.807, 2.05) is 0 Å². The lowest BCUT2D eigenvalue weighted by molar-refractivity contribution is 0.143. The van der Waals surface area contributed by atoms with Crippen molar-refractivity contribution in [2.45, 2.75) is 59.0 Å². The normalized spacial score (nSPS) is 28.1. The number of hydrogen-bond donors (Lipinski definition) is 1. The summed E-state index contributed by atoms with van der Waals surface area (Å²) in [6.45, 7) is 9.47. The fourth-order valence-electron chi connectivity index (χ4n) is 3.36. The van der Waals surface area contributed by atoms with E-state index in [2.05, 4.69) is 73.2 Å². The van der Waals surface area contributed by atoms with Gasteiger partial charge in [-0.2, -0.15) is 0 Å². The van der Waals surface area contributed by atoms with Crippen LogP contribution in [-0.4, -0.2) is 6.04 Å². The SMILES string of the molecule is CC(NC1CCC(C)(C)CC1C)c1ccc(Br)cc1. The fraction of sp³-hybridized carbons (Fsp3) is 0.647. The van der Waals surface area contributed by atoms with Gasteiger partial charge in [0, 0.05) is 16.6 Å². The average Bonchev–Trinajstić information content (AvgIpc) is 2.33. The molecule has 1 nitrogen and oxygen atoms in total. The van der Waals surface area contributed by atoms with E-state index in [1.54, 1.807) is 0 Å². The van der Waals surface area contributed by atoms with Gasteiger partial charge < -0.3 is 5.32 Å². The van der Waals surface area contributed by atoms with Crippen LogP contribution < -0.4 is 5.32 Å². The van der Waals surface area contributed by atoms with Crippen LogP contribution in [0.4, 0.5) is 0 Å². The maximum Gasteiger partial charge on any atom is 0.0294 e. The summed E-state index contributed by atoms with van der Waals surface area (Å²) < 4.78 is 1.15. The summed E-state index contributed by atoms with van der Waals surface area (Å²) in [6, 6.07) is 9.76. The largest absolute Gasteiger partial charge is 0.307 e. The average molecular weight is 324 g/mol. The van der Waals surface area contributed by atoms with E-state index < -0.39 is 0 Å². The molecule has 0 radical (unpaired) electrons. The van der Waals surface area contributed by atoms with Crippen LogP contribution in [0.25, 0.3) is 0 Å². The van der Waals surface area contributed by atoms with Crippen LogP contribution >= 0.6 is 15.9 Å². The third-order valence-electron chi connectivity index (χ3n) is 4.53. The highest BCUT2D eigenvalue weighted by atomic mass is 79.9. The molecule has 1 aromatic carbocycles. The molecule has 19 heavy (non-hydrogen) atoms. The number of benzene rings is 1. The van der Waals surface area contributed by atoms with Gasteiger partial charge in [-0.25, -0.2) is 0 Å². The van der Waals surface area contributed by atoms with Gasteiger partial charge in [-0.15, -0.1) is 0 Å². The highest BCUT2D eigenvalue weighted by Crippen LogP contribution is 2.39. The first kappa shape index (κ1) is 15.1. The maximum absolute atomic E-state index is 3.83. The van der Waals surface area contributed by atoms with E-state index in [0.717, 1.165) is 10.4 Å². The molecular weight excluding hydrogens is 298 g/mol. The van der Waals surface area contributed by atoms with Gasteiger partial charge in [-0.05, 0) is 55.2 Å². The van der Waals surface area contributed by atoms with Gasteiger partial charge in [-0.3, -0.25) is 0 Å². The first-order valence-corrected chi connectivity index (χ1v) is 8.18. The summed E-state index contributed by atoms with van der Waals surface area (Å²) in [7, 11) is 0. The molecule has 0 aromatic heterocycles. The topological polar surface area (TPSA) is 12.0 Å². The third-order valence-corrected chi connectivity index (χ3v) is 5.06. The predicted octanol–water partition coefficient (Wildman–Crippen LogP) is 5.31. The lowest BCUT2D eigenvalue weighted by Crippen LogP contribution is -2.42. The quantitative estimate of drug-likeness (QED) is 0.794. The van der Waals surface area contributed by atoms with E-state index >= 15 is 0 Å². The van der Waals surface area contributed by atoms with Gasteiger partial charge in [-0.1, -0.05) is 48.8 Å². The lowest BCUT2D eigenvalue weighted by atomic mass is 9.70. The van der Waals surface area contributed by atoms with Crippen molar-refractivity contribution in [1.29, 1.82) is 0 Å². The van der Waals surface area contributed by atoms with Crippen LogP contribution in [0.2, 0.25) is 0 Å². The van der Waals surface area contributed by atoms with Gasteiger partial charge in [0.15, 0.2) is 0 Å². The van der Waals surface area contributed by atoms with Gasteiger partial charge in [0.25, 0.3) is 0 Å². The Hall–Kier alpha value is -0.340. The van der Waals surface area contributed by atoms with E-state index in [9.17, 15) is 0 Å². The lowest BCUT2D eigenvalue weighted by Gasteiger charge is -2.40. The Balaban J connectivity index is 1.96. The van der Waals surface area contributed by atoms with Crippen LogP contribution in [0.3, 0.4) is 0 Å². The minimum atomic E-state index is 0.432. The van der Waals surface area contributed by atoms with Crippen molar-refractivity contribution in [3.05, 3.63) is 34.3 Å². The van der Waals surface area contributed by atoms with Crippen molar-refractivity contribution in [3.8, 4) is 0 Å². The number of nitrogens with one attached hydrogen (secondary N) is 1. The zero-order valence-corrected chi connectivity index (χ0v) is 14.1. The second-order valence-electron chi connectivity index (χ2n) is 6.93. The van der Waals surface area contributed by atoms with Crippen molar-refractivity contribution in [1.82, 2.24) is 5.32 Å². The van der Waals surface area contributed by atoms with E-state index in [0.29, 0.717) is 17.5 Å². The van der Waals surface area contributed by atoms with Crippen LogP contribution in [-0.2, 0) is 0 Å². The van der Waals surface area contributed by atoms with Crippen molar-refractivity contribution >= 4 is 15.9 Å². The summed E-state index contributed by atoms with van der Waals surface area (Å²) in [5, 5.41) is 3.83. The zero-order chi connectivity index (χ0) is 14.0. The summed E-state index contributed by atoms with van der Waals surface area (Å²) >= 11 is 3.49. The molecule has 0 aliphatic heterocycles. The molecule has 1 aromatic rings. The van der Waals surface area contributed by atoms with Crippen LogP contribution in [0.5, 0.6) is 0 Å². The van der Waals surface area contributed by atoms with Gasteiger partial charge >= 0.3 is 0 Å².